The third-order valence-corrected chi connectivity index (χ3v) is 2.77. The van der Waals surface area contributed by atoms with Crippen LogP contribution >= 0.6 is 0 Å². The second-order valence-corrected chi connectivity index (χ2v) is 4.65. The van der Waals surface area contributed by atoms with E-state index in [1.807, 2.05) is 30.7 Å². The smallest absolute Gasteiger partial charge is 0.0681 e. The number of nitrogens with two attached hydrogens (primary N) is 1. The minimum absolute atomic E-state index is 0.160. The highest BCUT2D eigenvalue weighted by Gasteiger charge is 2.09. The van der Waals surface area contributed by atoms with Gasteiger partial charge < -0.3 is 5.73 Å². The van der Waals surface area contributed by atoms with Crippen molar-refractivity contribution in [3.05, 3.63) is 47.3 Å². The van der Waals surface area contributed by atoms with Gasteiger partial charge in [-0.1, -0.05) is 18.2 Å². The Labute approximate surface area is 102 Å². The van der Waals surface area contributed by atoms with Gasteiger partial charge in [-0.05, 0) is 44.9 Å². The fourth-order valence-electron chi connectivity index (χ4n) is 2.11. The van der Waals surface area contributed by atoms with Crippen LogP contribution < -0.4 is 5.73 Å². The Bertz CT molecular complexity index is 512. The van der Waals surface area contributed by atoms with Gasteiger partial charge in [0.2, 0.25) is 0 Å². The molecular formula is C14H19N3. The van der Waals surface area contributed by atoms with Crippen LogP contribution in [0.25, 0.3) is 5.69 Å². The molecule has 3 nitrogen and oxygen atoms in total. The lowest BCUT2D eigenvalue weighted by molar-refractivity contribution is 0.724. The molecule has 0 bridgehead atoms. The molecule has 1 atom stereocenters. The van der Waals surface area contributed by atoms with Crippen LogP contribution in [0.1, 0.15) is 23.9 Å². The van der Waals surface area contributed by atoms with Gasteiger partial charge in [0.05, 0.1) is 11.4 Å². The van der Waals surface area contributed by atoms with Gasteiger partial charge in [-0.3, -0.25) is 0 Å². The van der Waals surface area contributed by atoms with Crippen LogP contribution in [-0.2, 0) is 6.42 Å². The normalized spacial score (nSPS) is 12.7. The number of benzene rings is 1. The Morgan fingerprint density at radius 1 is 1.29 bits per heavy atom. The fraction of sp³-hybridized carbons (Fsp3) is 0.357. The standard InChI is InChI=1S/C14H19N3/c1-10(15)8-13-6-4-5-7-14(13)17-12(3)9-11(2)16-17/h4-7,9-10H,8,15H2,1-3H3. The molecule has 2 aromatic rings. The summed E-state index contributed by atoms with van der Waals surface area (Å²) < 4.78 is 1.99. The van der Waals surface area contributed by atoms with Crippen molar-refractivity contribution in [1.29, 1.82) is 0 Å². The summed E-state index contributed by atoms with van der Waals surface area (Å²) >= 11 is 0. The summed E-state index contributed by atoms with van der Waals surface area (Å²) in [5.41, 5.74) is 10.5. The zero-order valence-electron chi connectivity index (χ0n) is 10.6. The first-order valence-corrected chi connectivity index (χ1v) is 5.95. The van der Waals surface area contributed by atoms with Gasteiger partial charge in [0.1, 0.15) is 0 Å². The van der Waals surface area contributed by atoms with Crippen molar-refractivity contribution in [2.24, 2.45) is 5.73 Å². The third-order valence-electron chi connectivity index (χ3n) is 2.77. The van der Waals surface area contributed by atoms with Crippen molar-refractivity contribution >= 4 is 0 Å². The highest BCUT2D eigenvalue weighted by Crippen LogP contribution is 2.17. The number of aryl methyl sites for hydroxylation is 2. The summed E-state index contributed by atoms with van der Waals surface area (Å²) in [5, 5.41) is 4.52. The minimum Gasteiger partial charge on any atom is -0.328 e. The van der Waals surface area contributed by atoms with Crippen molar-refractivity contribution in [1.82, 2.24) is 9.78 Å². The number of hydrogen-bond donors (Lipinski definition) is 1. The number of aromatic nitrogens is 2. The van der Waals surface area contributed by atoms with Gasteiger partial charge >= 0.3 is 0 Å². The lowest BCUT2D eigenvalue weighted by Gasteiger charge is -2.12. The molecule has 0 fully saturated rings. The molecule has 0 saturated carbocycles. The van der Waals surface area contributed by atoms with E-state index in [4.69, 9.17) is 5.73 Å². The van der Waals surface area contributed by atoms with Gasteiger partial charge in [-0.15, -0.1) is 0 Å². The maximum Gasteiger partial charge on any atom is 0.0681 e. The topological polar surface area (TPSA) is 43.8 Å². The zero-order valence-corrected chi connectivity index (χ0v) is 10.6. The molecule has 1 heterocycles. The Morgan fingerprint density at radius 2 is 2.00 bits per heavy atom. The molecule has 1 unspecified atom stereocenters. The molecule has 0 spiro atoms. The molecule has 2 N–H and O–H groups in total. The molecule has 17 heavy (non-hydrogen) atoms. The predicted molar refractivity (Wildman–Crippen MR) is 70.4 cm³/mol. The molecule has 0 aliphatic heterocycles. The summed E-state index contributed by atoms with van der Waals surface area (Å²) in [4.78, 5) is 0. The highest BCUT2D eigenvalue weighted by molar-refractivity contribution is 5.42. The first kappa shape index (κ1) is 11.9. The number of para-hydroxylation sites is 1. The summed E-state index contributed by atoms with van der Waals surface area (Å²) in [6, 6.07) is 10.5. The lowest BCUT2D eigenvalue weighted by Crippen LogP contribution is -2.19. The van der Waals surface area contributed by atoms with Gasteiger partial charge in [-0.25, -0.2) is 4.68 Å². The zero-order chi connectivity index (χ0) is 12.4. The monoisotopic (exact) mass is 229 g/mol. The van der Waals surface area contributed by atoms with Crippen LogP contribution in [0, 0.1) is 13.8 Å². The van der Waals surface area contributed by atoms with E-state index in [2.05, 4.69) is 30.2 Å². The lowest BCUT2D eigenvalue weighted by atomic mass is 10.1. The molecule has 90 valence electrons. The van der Waals surface area contributed by atoms with Crippen molar-refractivity contribution in [3.63, 3.8) is 0 Å². The highest BCUT2D eigenvalue weighted by atomic mass is 15.3. The Hall–Kier alpha value is -1.61. The van der Waals surface area contributed by atoms with Crippen molar-refractivity contribution in [2.45, 2.75) is 33.2 Å². The molecule has 2 rings (SSSR count). The quantitative estimate of drug-likeness (QED) is 0.878. The summed E-state index contributed by atoms with van der Waals surface area (Å²) in [7, 11) is 0. The maximum atomic E-state index is 5.88. The van der Waals surface area contributed by atoms with Crippen molar-refractivity contribution in [3.8, 4) is 5.69 Å². The molecule has 0 aliphatic carbocycles. The van der Waals surface area contributed by atoms with E-state index >= 15 is 0 Å². The van der Waals surface area contributed by atoms with Crippen LogP contribution in [0.2, 0.25) is 0 Å². The first-order chi connectivity index (χ1) is 8.08. The van der Waals surface area contributed by atoms with Crippen LogP contribution in [0.3, 0.4) is 0 Å². The molecule has 0 radical (unpaired) electrons. The van der Waals surface area contributed by atoms with E-state index in [1.54, 1.807) is 0 Å². The summed E-state index contributed by atoms with van der Waals surface area (Å²) in [5.74, 6) is 0. The average Bonchev–Trinajstić information content (AvgIpc) is 2.58. The SMILES string of the molecule is Cc1cc(C)n(-c2ccccc2CC(C)N)n1. The molecule has 3 heteroatoms. The van der Waals surface area contributed by atoms with Gasteiger partial charge in [0, 0.05) is 11.7 Å². The van der Waals surface area contributed by atoms with E-state index in [1.165, 1.54) is 5.56 Å². The maximum absolute atomic E-state index is 5.88. The van der Waals surface area contributed by atoms with E-state index in [0.29, 0.717) is 0 Å². The molecule has 0 saturated heterocycles. The van der Waals surface area contributed by atoms with E-state index < -0.39 is 0 Å². The van der Waals surface area contributed by atoms with E-state index in [9.17, 15) is 0 Å². The Kier molecular flexibility index (Phi) is 3.29. The van der Waals surface area contributed by atoms with Gasteiger partial charge in [0.25, 0.3) is 0 Å². The first-order valence-electron chi connectivity index (χ1n) is 5.95. The molecule has 0 amide bonds. The number of nitrogens with zero attached hydrogens (tertiary/aromatic N) is 2. The van der Waals surface area contributed by atoms with Crippen molar-refractivity contribution in [2.75, 3.05) is 0 Å². The molecule has 0 aliphatic rings. The Balaban J connectivity index is 2.48. The molecule has 1 aromatic carbocycles. The Morgan fingerprint density at radius 3 is 2.59 bits per heavy atom. The predicted octanol–water partition coefficient (Wildman–Crippen LogP) is 2.38. The summed E-state index contributed by atoms with van der Waals surface area (Å²) in [6.45, 7) is 6.11. The average molecular weight is 229 g/mol. The number of hydrogen-bond acceptors (Lipinski definition) is 2. The second kappa shape index (κ2) is 4.72. The van der Waals surface area contributed by atoms with E-state index in [-0.39, 0.29) is 6.04 Å². The minimum atomic E-state index is 0.160. The van der Waals surface area contributed by atoms with Crippen LogP contribution in [0.5, 0.6) is 0 Å². The fourth-order valence-corrected chi connectivity index (χ4v) is 2.11. The van der Waals surface area contributed by atoms with Crippen LogP contribution in [0.4, 0.5) is 0 Å². The van der Waals surface area contributed by atoms with E-state index in [0.717, 1.165) is 23.5 Å². The van der Waals surface area contributed by atoms with Gasteiger partial charge in [0.15, 0.2) is 0 Å². The summed E-state index contributed by atoms with van der Waals surface area (Å²) in [6.07, 6.45) is 0.870. The van der Waals surface area contributed by atoms with Crippen molar-refractivity contribution < 1.29 is 0 Å². The number of rotatable bonds is 3. The van der Waals surface area contributed by atoms with Crippen LogP contribution in [-0.4, -0.2) is 15.8 Å². The molecule has 1 aromatic heterocycles. The second-order valence-electron chi connectivity index (χ2n) is 4.65. The largest absolute Gasteiger partial charge is 0.328 e. The molecular weight excluding hydrogens is 210 g/mol. The van der Waals surface area contributed by atoms with Crippen LogP contribution in [0.15, 0.2) is 30.3 Å². The third kappa shape index (κ3) is 2.56. The van der Waals surface area contributed by atoms with Gasteiger partial charge in [-0.2, -0.15) is 5.10 Å².